The van der Waals surface area contributed by atoms with E-state index in [2.05, 4.69) is 20.7 Å². The Balaban J connectivity index is 1.43. The second-order valence-electron chi connectivity index (χ2n) is 7.81. The van der Waals surface area contributed by atoms with Crippen LogP contribution in [0.2, 0.25) is 0 Å². The Morgan fingerprint density at radius 2 is 1.97 bits per heavy atom. The van der Waals surface area contributed by atoms with E-state index in [0.717, 1.165) is 68.3 Å². The molecule has 0 bridgehead atoms. The van der Waals surface area contributed by atoms with Crippen LogP contribution in [-0.4, -0.2) is 61.8 Å². The number of furan rings is 2. The summed E-state index contributed by atoms with van der Waals surface area (Å²) in [6, 6.07) is 1.61. The molecule has 9 nitrogen and oxygen atoms in total. The first-order valence-electron chi connectivity index (χ1n) is 10.7. The van der Waals surface area contributed by atoms with Crippen molar-refractivity contribution in [2.24, 2.45) is 5.10 Å². The summed E-state index contributed by atoms with van der Waals surface area (Å²) in [6.07, 6.45) is 3.76. The van der Waals surface area contributed by atoms with Crippen molar-refractivity contribution >= 4 is 17.5 Å². The average Bonchev–Trinajstić information content (AvgIpc) is 3.36. The monoisotopic (exact) mass is 428 g/mol. The van der Waals surface area contributed by atoms with Gasteiger partial charge < -0.3 is 18.9 Å². The number of fused-ring (bicyclic) bond motifs is 1. The fourth-order valence-corrected chi connectivity index (χ4v) is 4.03. The SMILES string of the molecule is Cc1occc1C(=O)N/N=C1\CCCc2oc(C(=O)NCCN3CCOCC3)c(C)c21. The topological polar surface area (TPSA) is 109 Å². The molecule has 0 unspecified atom stereocenters. The maximum absolute atomic E-state index is 12.7. The average molecular weight is 428 g/mol. The Morgan fingerprint density at radius 3 is 2.71 bits per heavy atom. The summed E-state index contributed by atoms with van der Waals surface area (Å²) in [6.45, 7) is 8.15. The molecule has 0 aromatic carbocycles. The fraction of sp³-hybridized carbons (Fsp3) is 0.500. The van der Waals surface area contributed by atoms with Crippen LogP contribution in [0.25, 0.3) is 0 Å². The third-order valence-corrected chi connectivity index (χ3v) is 5.75. The zero-order valence-electron chi connectivity index (χ0n) is 18.0. The smallest absolute Gasteiger partial charge is 0.287 e. The Morgan fingerprint density at radius 1 is 1.16 bits per heavy atom. The number of hydrazone groups is 1. The molecule has 0 spiro atoms. The number of rotatable bonds is 6. The van der Waals surface area contributed by atoms with E-state index in [1.807, 2.05) is 6.92 Å². The Kier molecular flexibility index (Phi) is 6.53. The molecule has 0 atom stereocenters. The lowest BCUT2D eigenvalue weighted by Crippen LogP contribution is -2.41. The minimum atomic E-state index is -0.326. The molecule has 1 aliphatic heterocycles. The van der Waals surface area contributed by atoms with Gasteiger partial charge in [-0.15, -0.1) is 0 Å². The van der Waals surface area contributed by atoms with Crippen molar-refractivity contribution in [1.29, 1.82) is 0 Å². The lowest BCUT2D eigenvalue weighted by atomic mass is 9.93. The maximum atomic E-state index is 12.7. The number of hydrogen-bond donors (Lipinski definition) is 2. The maximum Gasteiger partial charge on any atom is 0.287 e. The summed E-state index contributed by atoms with van der Waals surface area (Å²) in [5.41, 5.74) is 5.36. The Hall–Kier alpha value is -2.91. The van der Waals surface area contributed by atoms with Gasteiger partial charge in [-0.1, -0.05) is 0 Å². The third-order valence-electron chi connectivity index (χ3n) is 5.75. The van der Waals surface area contributed by atoms with Gasteiger partial charge in [0, 0.05) is 43.7 Å². The van der Waals surface area contributed by atoms with Crippen molar-refractivity contribution in [2.75, 3.05) is 39.4 Å². The van der Waals surface area contributed by atoms with E-state index in [0.29, 0.717) is 30.0 Å². The van der Waals surface area contributed by atoms with Crippen LogP contribution in [0, 0.1) is 13.8 Å². The molecule has 2 N–H and O–H groups in total. The molecule has 0 saturated carbocycles. The summed E-state index contributed by atoms with van der Waals surface area (Å²) >= 11 is 0. The number of amides is 2. The molecule has 0 radical (unpaired) electrons. The summed E-state index contributed by atoms with van der Waals surface area (Å²) in [5.74, 6) is 1.05. The van der Waals surface area contributed by atoms with Crippen LogP contribution >= 0.6 is 0 Å². The van der Waals surface area contributed by atoms with Crippen LogP contribution < -0.4 is 10.7 Å². The molecule has 1 aliphatic carbocycles. The molecule has 9 heteroatoms. The zero-order valence-corrected chi connectivity index (χ0v) is 18.0. The highest BCUT2D eigenvalue weighted by Gasteiger charge is 2.28. The number of ether oxygens (including phenoxy) is 1. The number of nitrogens with one attached hydrogen (secondary N) is 2. The van der Waals surface area contributed by atoms with Crippen molar-refractivity contribution in [3.05, 3.63) is 46.3 Å². The summed E-state index contributed by atoms with van der Waals surface area (Å²) in [4.78, 5) is 27.3. The Bertz CT molecular complexity index is 984. The molecule has 166 valence electrons. The van der Waals surface area contributed by atoms with E-state index in [1.54, 1.807) is 13.0 Å². The molecule has 2 aliphatic rings. The first-order chi connectivity index (χ1) is 15.0. The standard InChI is InChI=1S/C22H28N4O5/c1-14-19-17(24-25-21(27)16-6-11-30-15(16)2)4-3-5-18(19)31-20(14)22(28)23-7-8-26-9-12-29-13-10-26/h6,11H,3-5,7-10,12-13H2,1-2H3,(H,23,28)(H,25,27)/b24-17+. The largest absolute Gasteiger partial charge is 0.469 e. The minimum Gasteiger partial charge on any atom is -0.469 e. The van der Waals surface area contributed by atoms with Gasteiger partial charge in [0.2, 0.25) is 0 Å². The predicted molar refractivity (Wildman–Crippen MR) is 113 cm³/mol. The third kappa shape index (κ3) is 4.72. The van der Waals surface area contributed by atoms with Crippen molar-refractivity contribution in [3.8, 4) is 0 Å². The van der Waals surface area contributed by atoms with Gasteiger partial charge in [0.05, 0.1) is 30.8 Å². The van der Waals surface area contributed by atoms with E-state index >= 15 is 0 Å². The van der Waals surface area contributed by atoms with Crippen LogP contribution in [0.15, 0.2) is 26.3 Å². The van der Waals surface area contributed by atoms with Crippen LogP contribution in [0.5, 0.6) is 0 Å². The highest BCUT2D eigenvalue weighted by molar-refractivity contribution is 6.07. The minimum absolute atomic E-state index is 0.224. The van der Waals surface area contributed by atoms with Crippen molar-refractivity contribution in [3.63, 3.8) is 0 Å². The summed E-state index contributed by atoms with van der Waals surface area (Å²) in [7, 11) is 0. The van der Waals surface area contributed by atoms with Gasteiger partial charge in [0.15, 0.2) is 5.76 Å². The number of carbonyl (C=O) groups is 2. The van der Waals surface area contributed by atoms with Crippen molar-refractivity contribution < 1.29 is 23.2 Å². The molecular formula is C22H28N4O5. The van der Waals surface area contributed by atoms with Gasteiger partial charge in [0.1, 0.15) is 11.5 Å². The molecule has 31 heavy (non-hydrogen) atoms. The Labute approximate surface area is 180 Å². The van der Waals surface area contributed by atoms with Gasteiger partial charge in [-0.25, -0.2) is 5.43 Å². The first-order valence-corrected chi connectivity index (χ1v) is 10.7. The van der Waals surface area contributed by atoms with Gasteiger partial charge in [-0.05, 0) is 32.8 Å². The normalized spacial score (nSPS) is 18.1. The van der Waals surface area contributed by atoms with Gasteiger partial charge in [0.25, 0.3) is 11.8 Å². The lowest BCUT2D eigenvalue weighted by molar-refractivity contribution is 0.0382. The van der Waals surface area contributed by atoms with Crippen LogP contribution in [0.1, 0.15) is 56.4 Å². The van der Waals surface area contributed by atoms with E-state index in [-0.39, 0.29) is 11.8 Å². The van der Waals surface area contributed by atoms with Gasteiger partial charge in [-0.3, -0.25) is 14.5 Å². The molecule has 2 amide bonds. The summed E-state index contributed by atoms with van der Waals surface area (Å²) < 4.78 is 16.4. The van der Waals surface area contributed by atoms with Gasteiger partial charge >= 0.3 is 0 Å². The molecule has 2 aromatic rings. The predicted octanol–water partition coefficient (Wildman–Crippen LogP) is 2.02. The molecule has 1 fully saturated rings. The van der Waals surface area contributed by atoms with Gasteiger partial charge in [-0.2, -0.15) is 5.10 Å². The molecule has 1 saturated heterocycles. The van der Waals surface area contributed by atoms with Crippen LogP contribution in [-0.2, 0) is 11.2 Å². The fourth-order valence-electron chi connectivity index (χ4n) is 4.03. The van der Waals surface area contributed by atoms with E-state index in [9.17, 15) is 9.59 Å². The molecular weight excluding hydrogens is 400 g/mol. The number of morpholine rings is 1. The second kappa shape index (κ2) is 9.49. The molecule has 3 heterocycles. The zero-order chi connectivity index (χ0) is 21.8. The second-order valence-corrected chi connectivity index (χ2v) is 7.81. The highest BCUT2D eigenvalue weighted by Crippen LogP contribution is 2.29. The van der Waals surface area contributed by atoms with Crippen molar-refractivity contribution in [1.82, 2.24) is 15.6 Å². The number of nitrogens with zero attached hydrogens (tertiary/aromatic N) is 2. The lowest BCUT2D eigenvalue weighted by Gasteiger charge is -2.26. The first kappa shape index (κ1) is 21.3. The van der Waals surface area contributed by atoms with E-state index in [4.69, 9.17) is 13.6 Å². The van der Waals surface area contributed by atoms with Crippen LogP contribution in [0.4, 0.5) is 0 Å². The van der Waals surface area contributed by atoms with Crippen LogP contribution in [0.3, 0.4) is 0 Å². The molecule has 4 rings (SSSR count). The van der Waals surface area contributed by atoms with E-state index in [1.165, 1.54) is 6.26 Å². The van der Waals surface area contributed by atoms with Crippen molar-refractivity contribution in [2.45, 2.75) is 33.1 Å². The summed E-state index contributed by atoms with van der Waals surface area (Å²) in [5, 5.41) is 7.29. The molecule has 2 aromatic heterocycles. The highest BCUT2D eigenvalue weighted by atomic mass is 16.5. The van der Waals surface area contributed by atoms with E-state index < -0.39 is 0 Å². The quantitative estimate of drug-likeness (QED) is 0.682. The number of hydrogen-bond acceptors (Lipinski definition) is 7. The number of aryl methyl sites for hydroxylation is 2. The number of carbonyl (C=O) groups excluding carboxylic acids is 2.